The van der Waals surface area contributed by atoms with Crippen molar-refractivity contribution in [3.8, 4) is 5.82 Å². The topological polar surface area (TPSA) is 65.3 Å². The van der Waals surface area contributed by atoms with Gasteiger partial charge in [0, 0.05) is 44.8 Å². The van der Waals surface area contributed by atoms with Crippen LogP contribution in [0.15, 0.2) is 18.5 Å². The Morgan fingerprint density at radius 3 is 2.62 bits per heavy atom. The molecule has 0 atom stereocenters. The van der Waals surface area contributed by atoms with Crippen LogP contribution in [-0.4, -0.2) is 58.3 Å². The van der Waals surface area contributed by atoms with Crippen molar-refractivity contribution in [2.24, 2.45) is 0 Å². The van der Waals surface area contributed by atoms with Crippen LogP contribution in [-0.2, 0) is 9.47 Å². The molecule has 0 aliphatic carbocycles. The van der Waals surface area contributed by atoms with Crippen molar-refractivity contribution in [3.05, 3.63) is 29.8 Å². The van der Waals surface area contributed by atoms with Gasteiger partial charge in [-0.1, -0.05) is 0 Å². The van der Waals surface area contributed by atoms with Gasteiger partial charge in [0.15, 0.2) is 5.82 Å². The third-order valence-electron chi connectivity index (χ3n) is 4.81. The number of morpholine rings is 1. The largest absolute Gasteiger partial charge is 0.381 e. The summed E-state index contributed by atoms with van der Waals surface area (Å²) >= 11 is 0. The summed E-state index contributed by atoms with van der Waals surface area (Å²) in [4.78, 5) is 11.5. The first-order valence-electron chi connectivity index (χ1n) is 8.48. The predicted molar refractivity (Wildman–Crippen MR) is 89.6 cm³/mol. The normalized spacial score (nSPS) is 20.5. The zero-order valence-electron chi connectivity index (χ0n) is 14.2. The number of rotatable bonds is 2. The summed E-state index contributed by atoms with van der Waals surface area (Å²) in [5.74, 6) is 1.64. The number of ether oxygens (including phenoxy) is 2. The first-order valence-corrected chi connectivity index (χ1v) is 8.48. The summed E-state index contributed by atoms with van der Waals surface area (Å²) in [7, 11) is 0. The van der Waals surface area contributed by atoms with E-state index in [0.717, 1.165) is 62.2 Å². The van der Waals surface area contributed by atoms with E-state index in [1.807, 2.05) is 30.8 Å². The molecule has 7 heteroatoms. The molecule has 24 heavy (non-hydrogen) atoms. The summed E-state index contributed by atoms with van der Waals surface area (Å²) in [5.41, 5.74) is 1.93. The molecule has 0 bridgehead atoms. The first kappa shape index (κ1) is 15.5. The number of hydrogen-bond acceptors (Lipinski definition) is 6. The highest BCUT2D eigenvalue weighted by molar-refractivity contribution is 5.41. The molecule has 4 rings (SSSR count). The molecule has 0 amide bonds. The van der Waals surface area contributed by atoms with E-state index in [0.29, 0.717) is 6.61 Å². The third kappa shape index (κ3) is 2.89. The van der Waals surface area contributed by atoms with Crippen molar-refractivity contribution in [3.63, 3.8) is 0 Å². The van der Waals surface area contributed by atoms with Crippen LogP contribution in [0.2, 0.25) is 0 Å². The summed E-state index contributed by atoms with van der Waals surface area (Å²) < 4.78 is 13.4. The minimum absolute atomic E-state index is 0.105. The van der Waals surface area contributed by atoms with Crippen LogP contribution >= 0.6 is 0 Å². The minimum Gasteiger partial charge on any atom is -0.381 e. The molecule has 7 nitrogen and oxygen atoms in total. The first-order chi connectivity index (χ1) is 11.7. The van der Waals surface area contributed by atoms with Gasteiger partial charge in [-0.3, -0.25) is 4.98 Å². The van der Waals surface area contributed by atoms with Gasteiger partial charge in [0.25, 0.3) is 0 Å². The highest BCUT2D eigenvalue weighted by Gasteiger charge is 2.38. The molecule has 2 aromatic rings. The van der Waals surface area contributed by atoms with Crippen LogP contribution in [0.1, 0.15) is 24.2 Å². The van der Waals surface area contributed by atoms with Crippen molar-refractivity contribution in [2.45, 2.75) is 32.3 Å². The molecule has 0 N–H and O–H groups in total. The molecule has 0 saturated carbocycles. The summed E-state index contributed by atoms with van der Waals surface area (Å²) in [6, 6.07) is 2.04. The van der Waals surface area contributed by atoms with Gasteiger partial charge in [0.2, 0.25) is 0 Å². The van der Waals surface area contributed by atoms with E-state index in [1.165, 1.54) is 0 Å². The van der Waals surface area contributed by atoms with Gasteiger partial charge in [-0.15, -0.1) is 0 Å². The molecule has 2 fully saturated rings. The van der Waals surface area contributed by atoms with Gasteiger partial charge in [-0.05, 0) is 19.9 Å². The van der Waals surface area contributed by atoms with E-state index in [9.17, 15) is 0 Å². The summed E-state index contributed by atoms with van der Waals surface area (Å²) in [6.45, 7) is 7.93. The van der Waals surface area contributed by atoms with Crippen molar-refractivity contribution < 1.29 is 9.47 Å². The van der Waals surface area contributed by atoms with Gasteiger partial charge in [0.1, 0.15) is 5.82 Å². The molecule has 2 aromatic heterocycles. The number of nitrogens with zero attached hydrogens (tertiary/aromatic N) is 5. The molecule has 0 aromatic carbocycles. The molecule has 4 heterocycles. The van der Waals surface area contributed by atoms with Crippen LogP contribution in [0.25, 0.3) is 5.82 Å². The van der Waals surface area contributed by atoms with Gasteiger partial charge < -0.3 is 14.4 Å². The molecule has 2 saturated heterocycles. The number of anilines is 1. The lowest BCUT2D eigenvalue weighted by Crippen LogP contribution is -2.54. The monoisotopic (exact) mass is 329 g/mol. The second-order valence-corrected chi connectivity index (χ2v) is 6.64. The summed E-state index contributed by atoms with van der Waals surface area (Å²) in [6.07, 6.45) is 5.46. The van der Waals surface area contributed by atoms with Gasteiger partial charge >= 0.3 is 0 Å². The Kier molecular flexibility index (Phi) is 3.97. The van der Waals surface area contributed by atoms with Crippen LogP contribution in [0.4, 0.5) is 5.82 Å². The fourth-order valence-corrected chi connectivity index (χ4v) is 3.55. The van der Waals surface area contributed by atoms with Crippen molar-refractivity contribution in [2.75, 3.05) is 37.8 Å². The Hall–Kier alpha value is -1.99. The third-order valence-corrected chi connectivity index (χ3v) is 4.81. The van der Waals surface area contributed by atoms with Crippen LogP contribution in [0, 0.1) is 13.8 Å². The Morgan fingerprint density at radius 2 is 1.88 bits per heavy atom. The van der Waals surface area contributed by atoms with E-state index in [-0.39, 0.29) is 5.60 Å². The zero-order valence-corrected chi connectivity index (χ0v) is 14.2. The second kappa shape index (κ2) is 6.14. The fraction of sp³-hybridized carbons (Fsp3) is 0.588. The van der Waals surface area contributed by atoms with E-state index < -0.39 is 0 Å². The molecule has 128 valence electrons. The Bertz CT molecular complexity index is 718. The maximum atomic E-state index is 6.11. The van der Waals surface area contributed by atoms with Crippen molar-refractivity contribution in [1.82, 2.24) is 19.7 Å². The molecular formula is C17H23N5O2. The van der Waals surface area contributed by atoms with E-state index >= 15 is 0 Å². The van der Waals surface area contributed by atoms with E-state index in [2.05, 4.69) is 15.0 Å². The number of hydrogen-bond donors (Lipinski definition) is 0. The van der Waals surface area contributed by atoms with Gasteiger partial charge in [-0.2, -0.15) is 5.10 Å². The Labute approximate surface area is 141 Å². The lowest BCUT2D eigenvalue weighted by atomic mass is 9.92. The highest BCUT2D eigenvalue weighted by Crippen LogP contribution is 2.30. The van der Waals surface area contributed by atoms with Crippen LogP contribution in [0.3, 0.4) is 0 Å². The zero-order chi connectivity index (χ0) is 16.6. The predicted octanol–water partition coefficient (Wildman–Crippen LogP) is 1.66. The average molecular weight is 329 g/mol. The van der Waals surface area contributed by atoms with Gasteiger partial charge in [-0.25, -0.2) is 9.67 Å². The van der Waals surface area contributed by atoms with Crippen LogP contribution in [0.5, 0.6) is 0 Å². The number of aromatic nitrogens is 4. The average Bonchev–Trinajstić information content (AvgIpc) is 2.94. The second-order valence-electron chi connectivity index (χ2n) is 6.64. The highest BCUT2D eigenvalue weighted by atomic mass is 16.5. The Morgan fingerprint density at radius 1 is 1.08 bits per heavy atom. The molecule has 2 aliphatic rings. The molecule has 2 aliphatic heterocycles. The Balaban J connectivity index is 1.60. The lowest BCUT2D eigenvalue weighted by molar-refractivity contribution is -0.116. The molecule has 1 spiro atoms. The fourth-order valence-electron chi connectivity index (χ4n) is 3.55. The maximum absolute atomic E-state index is 6.11. The molecular weight excluding hydrogens is 306 g/mol. The maximum Gasteiger partial charge on any atom is 0.174 e. The van der Waals surface area contributed by atoms with E-state index in [1.54, 1.807) is 6.20 Å². The van der Waals surface area contributed by atoms with Crippen molar-refractivity contribution in [1.29, 1.82) is 0 Å². The van der Waals surface area contributed by atoms with E-state index in [4.69, 9.17) is 14.5 Å². The standard InChI is InChI=1S/C17H23N5O2/c1-13-9-14(2)22(20-13)16-11-18-10-15(19-16)21-5-8-24-17(12-21)3-6-23-7-4-17/h9-11H,3-8,12H2,1-2H3. The van der Waals surface area contributed by atoms with Crippen LogP contribution < -0.4 is 4.90 Å². The quantitative estimate of drug-likeness (QED) is 0.835. The SMILES string of the molecule is Cc1cc(C)n(-c2cncc(N3CCOC4(CCOCC4)C3)n2)n1. The lowest BCUT2D eigenvalue weighted by Gasteiger charge is -2.45. The smallest absolute Gasteiger partial charge is 0.174 e. The number of aryl methyl sites for hydroxylation is 2. The van der Waals surface area contributed by atoms with Gasteiger partial charge in [0.05, 0.1) is 30.3 Å². The molecule has 0 radical (unpaired) electrons. The van der Waals surface area contributed by atoms with Crippen molar-refractivity contribution >= 4 is 5.82 Å². The minimum atomic E-state index is -0.105. The summed E-state index contributed by atoms with van der Waals surface area (Å²) in [5, 5.41) is 4.50. The molecule has 0 unspecified atom stereocenters.